The lowest BCUT2D eigenvalue weighted by Gasteiger charge is -2.19. The molecule has 0 bridgehead atoms. The van der Waals surface area contributed by atoms with E-state index >= 15 is 0 Å². The topological polar surface area (TPSA) is 9.23 Å². The van der Waals surface area contributed by atoms with Crippen molar-refractivity contribution in [3.63, 3.8) is 0 Å². The van der Waals surface area contributed by atoms with E-state index in [4.69, 9.17) is 16.0 Å². The van der Waals surface area contributed by atoms with Gasteiger partial charge in [0.25, 0.3) is 0 Å². The number of alkyl halides is 1. The Morgan fingerprint density at radius 1 is 1.00 bits per heavy atom. The van der Waals surface area contributed by atoms with Crippen molar-refractivity contribution in [2.45, 2.75) is 58.5 Å². The maximum absolute atomic E-state index is 5.81. The summed E-state index contributed by atoms with van der Waals surface area (Å²) in [6.45, 7) is 7.52. The van der Waals surface area contributed by atoms with Gasteiger partial charge < -0.3 is 4.43 Å². The van der Waals surface area contributed by atoms with Crippen molar-refractivity contribution in [1.82, 2.24) is 0 Å². The largest absolute Gasteiger partial charge is 0.416 e. The van der Waals surface area contributed by atoms with Crippen LogP contribution in [0.3, 0.4) is 0 Å². The molecule has 0 aliphatic rings. The van der Waals surface area contributed by atoms with Crippen LogP contribution in [0.2, 0.25) is 13.1 Å². The van der Waals surface area contributed by atoms with Crippen LogP contribution >= 0.6 is 11.6 Å². The summed E-state index contributed by atoms with van der Waals surface area (Å²) >= 11 is 5.81. The molecule has 3 heteroatoms. The van der Waals surface area contributed by atoms with Crippen molar-refractivity contribution in [2.24, 2.45) is 0 Å². The van der Waals surface area contributed by atoms with E-state index in [2.05, 4.69) is 20.0 Å². The molecule has 0 saturated heterocycles. The van der Waals surface area contributed by atoms with Gasteiger partial charge in [-0.3, -0.25) is 0 Å². The van der Waals surface area contributed by atoms with Gasteiger partial charge in [0.15, 0.2) is 0 Å². The molecule has 0 N–H and O–H groups in total. The monoisotopic (exact) mass is 236 g/mol. The summed E-state index contributed by atoms with van der Waals surface area (Å²) < 4.78 is 5.79. The van der Waals surface area contributed by atoms with Gasteiger partial charge in [0.2, 0.25) is 8.32 Å². The van der Waals surface area contributed by atoms with Crippen molar-refractivity contribution in [1.29, 1.82) is 0 Å². The molecule has 0 atom stereocenters. The zero-order valence-electron chi connectivity index (χ0n) is 9.94. The van der Waals surface area contributed by atoms with Crippen LogP contribution in [0.1, 0.15) is 45.4 Å². The molecule has 0 aromatic rings. The van der Waals surface area contributed by atoms with E-state index in [-0.39, 0.29) is 0 Å². The van der Waals surface area contributed by atoms with E-state index in [9.17, 15) is 0 Å². The first-order valence-electron chi connectivity index (χ1n) is 5.82. The smallest absolute Gasteiger partial charge is 0.201 e. The quantitative estimate of drug-likeness (QED) is 0.329. The van der Waals surface area contributed by atoms with E-state index < -0.39 is 8.32 Å². The van der Waals surface area contributed by atoms with Crippen LogP contribution in [0.15, 0.2) is 0 Å². The summed E-state index contributed by atoms with van der Waals surface area (Å²) in [6.07, 6.45) is 7.96. The molecular formula is C11H25ClOSi. The highest BCUT2D eigenvalue weighted by atomic mass is 35.5. The Bertz CT molecular complexity index is 128. The van der Waals surface area contributed by atoms with Crippen molar-refractivity contribution in [3.8, 4) is 0 Å². The summed E-state index contributed by atoms with van der Waals surface area (Å²) in [5.41, 5.74) is 0.711. The third kappa shape index (κ3) is 9.04. The average Bonchev–Trinajstić information content (AvgIpc) is 2.16. The maximum Gasteiger partial charge on any atom is 0.201 e. The molecule has 0 unspecified atom stereocenters. The molecule has 0 aliphatic heterocycles. The van der Waals surface area contributed by atoms with Gasteiger partial charge in [-0.05, 0) is 19.5 Å². The Hall–Kier alpha value is 0.467. The number of hydrogen-bond donors (Lipinski definition) is 0. The van der Waals surface area contributed by atoms with E-state index in [0.717, 1.165) is 6.61 Å². The highest BCUT2D eigenvalue weighted by Gasteiger charge is 2.19. The molecular weight excluding hydrogens is 212 g/mol. The summed E-state index contributed by atoms with van der Waals surface area (Å²) in [5, 5.41) is 0. The first-order valence-corrected chi connectivity index (χ1v) is 9.47. The molecule has 0 heterocycles. The van der Waals surface area contributed by atoms with Gasteiger partial charge in [-0.1, -0.05) is 39.0 Å². The fourth-order valence-electron chi connectivity index (χ4n) is 1.27. The number of halogens is 1. The first kappa shape index (κ1) is 14.5. The summed E-state index contributed by atoms with van der Waals surface area (Å²) in [5.74, 6) is 0. The Morgan fingerprint density at radius 2 is 1.57 bits per heavy atom. The van der Waals surface area contributed by atoms with E-state index in [1.807, 2.05) is 0 Å². The normalized spacial score (nSPS) is 12.0. The number of rotatable bonds is 9. The first-order chi connectivity index (χ1) is 6.62. The third-order valence-electron chi connectivity index (χ3n) is 2.31. The Balaban J connectivity index is 3.13. The van der Waals surface area contributed by atoms with Crippen LogP contribution in [-0.4, -0.2) is 20.4 Å². The molecule has 14 heavy (non-hydrogen) atoms. The van der Waals surface area contributed by atoms with Crippen molar-refractivity contribution >= 4 is 19.9 Å². The van der Waals surface area contributed by atoms with E-state index in [1.165, 1.54) is 38.5 Å². The molecule has 86 valence electrons. The molecule has 0 fully saturated rings. The lowest BCUT2D eigenvalue weighted by atomic mass is 10.1. The highest BCUT2D eigenvalue weighted by Crippen LogP contribution is 2.09. The lowest BCUT2D eigenvalue weighted by molar-refractivity contribution is 0.297. The standard InChI is InChI=1S/C11H25ClOSi/c1-4-5-6-7-8-9-10-13-14(2,3)11-12/h4-11H2,1-3H3. The zero-order valence-corrected chi connectivity index (χ0v) is 11.7. The van der Waals surface area contributed by atoms with Gasteiger partial charge in [0.1, 0.15) is 0 Å². The Labute approximate surface area is 95.3 Å². The SMILES string of the molecule is CCCCCCCCO[Si](C)(C)CCl. The third-order valence-corrected chi connectivity index (χ3v) is 5.87. The van der Waals surface area contributed by atoms with Crippen LogP contribution in [0, 0.1) is 0 Å². The second-order valence-electron chi connectivity index (χ2n) is 4.51. The van der Waals surface area contributed by atoms with Crippen molar-refractivity contribution < 1.29 is 4.43 Å². The highest BCUT2D eigenvalue weighted by molar-refractivity contribution is 6.77. The summed E-state index contributed by atoms with van der Waals surface area (Å²) in [7, 11) is -1.49. The molecule has 0 radical (unpaired) electrons. The maximum atomic E-state index is 5.81. The van der Waals surface area contributed by atoms with E-state index in [1.54, 1.807) is 0 Å². The summed E-state index contributed by atoms with van der Waals surface area (Å²) in [4.78, 5) is 0. The van der Waals surface area contributed by atoms with Crippen molar-refractivity contribution in [3.05, 3.63) is 0 Å². The molecule has 0 saturated carbocycles. The summed E-state index contributed by atoms with van der Waals surface area (Å²) in [6, 6.07) is 0. The molecule has 0 rings (SSSR count). The number of unbranched alkanes of at least 4 members (excludes halogenated alkanes) is 5. The van der Waals surface area contributed by atoms with Crippen LogP contribution in [0.25, 0.3) is 0 Å². The second kappa shape index (κ2) is 8.75. The molecule has 0 aromatic heterocycles. The van der Waals surface area contributed by atoms with Crippen LogP contribution in [-0.2, 0) is 4.43 Å². The van der Waals surface area contributed by atoms with Crippen LogP contribution in [0.5, 0.6) is 0 Å². The van der Waals surface area contributed by atoms with Gasteiger partial charge in [-0.2, -0.15) is 0 Å². The number of hydrogen-bond acceptors (Lipinski definition) is 1. The molecule has 1 nitrogen and oxygen atoms in total. The van der Waals surface area contributed by atoms with Gasteiger partial charge in [-0.15, -0.1) is 11.6 Å². The molecule has 0 spiro atoms. The lowest BCUT2D eigenvalue weighted by Crippen LogP contribution is -2.33. The minimum atomic E-state index is -1.49. The van der Waals surface area contributed by atoms with Crippen molar-refractivity contribution in [2.75, 3.05) is 12.1 Å². The fourth-order valence-corrected chi connectivity index (χ4v) is 2.27. The van der Waals surface area contributed by atoms with Gasteiger partial charge in [0.05, 0.1) is 0 Å². The molecule has 0 amide bonds. The average molecular weight is 237 g/mol. The molecule has 0 aromatic carbocycles. The Morgan fingerprint density at radius 3 is 2.14 bits per heavy atom. The predicted octanol–water partition coefficient (Wildman–Crippen LogP) is 4.35. The second-order valence-corrected chi connectivity index (χ2v) is 9.39. The molecule has 0 aliphatic carbocycles. The Kier molecular flexibility index (Phi) is 9.04. The van der Waals surface area contributed by atoms with Gasteiger partial charge >= 0.3 is 0 Å². The minimum absolute atomic E-state index is 0.711. The fraction of sp³-hybridized carbons (Fsp3) is 1.00. The van der Waals surface area contributed by atoms with Crippen LogP contribution < -0.4 is 0 Å². The van der Waals surface area contributed by atoms with Gasteiger partial charge in [0, 0.05) is 12.1 Å². The minimum Gasteiger partial charge on any atom is -0.416 e. The van der Waals surface area contributed by atoms with E-state index in [0.29, 0.717) is 5.50 Å². The van der Waals surface area contributed by atoms with Crippen LogP contribution in [0.4, 0.5) is 0 Å². The zero-order chi connectivity index (χ0) is 10.9. The van der Waals surface area contributed by atoms with Gasteiger partial charge in [-0.25, -0.2) is 0 Å². The predicted molar refractivity (Wildman–Crippen MR) is 67.5 cm³/mol.